The number of halogens is 2. The second kappa shape index (κ2) is 5.22. The second-order valence-electron chi connectivity index (χ2n) is 6.44. The van der Waals surface area contributed by atoms with Gasteiger partial charge in [-0.2, -0.15) is 0 Å². The predicted octanol–water partition coefficient (Wildman–Crippen LogP) is 1.71. The maximum atomic E-state index is 13.2. The maximum Gasteiger partial charge on any atom is 0.244 e. The molecule has 124 valence electrons. The van der Waals surface area contributed by atoms with Crippen LogP contribution in [0.2, 0.25) is 0 Å². The van der Waals surface area contributed by atoms with E-state index in [2.05, 4.69) is 5.32 Å². The number of nitrogens with zero attached hydrogens (tertiary/aromatic N) is 1. The van der Waals surface area contributed by atoms with Gasteiger partial charge >= 0.3 is 0 Å². The maximum absolute atomic E-state index is 13.2. The Bertz CT molecular complexity index is 762. The van der Waals surface area contributed by atoms with E-state index in [1.54, 1.807) is 0 Å². The molecule has 3 amide bonds. The zero-order valence-corrected chi connectivity index (χ0v) is 12.5. The fourth-order valence-electron chi connectivity index (χ4n) is 4.04. The molecule has 24 heavy (non-hydrogen) atoms. The molecule has 3 aliphatic rings. The van der Waals surface area contributed by atoms with Crippen LogP contribution in [0, 0.1) is 35.3 Å². The van der Waals surface area contributed by atoms with Crippen LogP contribution in [-0.2, 0) is 14.4 Å². The van der Waals surface area contributed by atoms with Crippen molar-refractivity contribution in [2.45, 2.75) is 6.42 Å². The molecule has 2 fully saturated rings. The molecule has 2 aliphatic carbocycles. The minimum absolute atomic E-state index is 0.0694. The van der Waals surface area contributed by atoms with E-state index < -0.39 is 24.1 Å². The highest BCUT2D eigenvalue weighted by atomic mass is 19.2. The van der Waals surface area contributed by atoms with E-state index >= 15 is 0 Å². The number of hydrogen-bond acceptors (Lipinski definition) is 3. The fraction of sp³-hybridized carbons (Fsp3) is 0.353. The Balaban J connectivity index is 1.46. The molecule has 0 spiro atoms. The van der Waals surface area contributed by atoms with Crippen LogP contribution in [0.25, 0.3) is 0 Å². The number of nitrogens with one attached hydrogen (secondary N) is 1. The Morgan fingerprint density at radius 1 is 1.08 bits per heavy atom. The number of allylic oxidation sites excluding steroid dienone is 2. The van der Waals surface area contributed by atoms with Gasteiger partial charge < -0.3 is 5.32 Å². The zero-order chi connectivity index (χ0) is 17.0. The van der Waals surface area contributed by atoms with Crippen molar-refractivity contribution in [2.75, 3.05) is 11.9 Å². The summed E-state index contributed by atoms with van der Waals surface area (Å²) in [5, 5.41) is 2.37. The molecule has 1 aliphatic heterocycles. The highest BCUT2D eigenvalue weighted by Crippen LogP contribution is 2.52. The molecule has 0 aromatic heterocycles. The lowest BCUT2D eigenvalue weighted by molar-refractivity contribution is -0.143. The number of anilines is 1. The molecule has 5 nitrogen and oxygen atoms in total. The number of benzene rings is 1. The average Bonchev–Trinajstić information content (AvgIpc) is 3.21. The lowest BCUT2D eigenvalue weighted by Crippen LogP contribution is -2.39. The van der Waals surface area contributed by atoms with Gasteiger partial charge in [-0.1, -0.05) is 12.2 Å². The Kier molecular flexibility index (Phi) is 3.26. The Labute approximate surface area is 136 Å². The van der Waals surface area contributed by atoms with E-state index in [9.17, 15) is 23.2 Å². The molecule has 1 aromatic carbocycles. The third kappa shape index (κ3) is 2.15. The van der Waals surface area contributed by atoms with E-state index in [1.165, 1.54) is 6.07 Å². The Morgan fingerprint density at radius 2 is 1.71 bits per heavy atom. The van der Waals surface area contributed by atoms with Gasteiger partial charge in [-0.3, -0.25) is 19.3 Å². The van der Waals surface area contributed by atoms with Crippen molar-refractivity contribution in [1.29, 1.82) is 0 Å². The average molecular weight is 332 g/mol. The number of carbonyl (C=O) groups is 3. The predicted molar refractivity (Wildman–Crippen MR) is 79.4 cm³/mol. The third-order valence-corrected chi connectivity index (χ3v) is 5.07. The van der Waals surface area contributed by atoms with Gasteiger partial charge in [-0.05, 0) is 30.4 Å². The lowest BCUT2D eigenvalue weighted by atomic mass is 9.85. The normalized spacial score (nSPS) is 30.2. The van der Waals surface area contributed by atoms with E-state index in [0.717, 1.165) is 23.5 Å². The van der Waals surface area contributed by atoms with Gasteiger partial charge in [-0.15, -0.1) is 0 Å². The molecule has 7 heteroatoms. The standard InChI is InChI=1S/C17H14F2N2O3/c18-11-4-3-10(6-12(11)19)20-13(22)7-21-16(23)14-8-1-2-9(5-8)15(14)17(21)24/h1-4,6,8-9,14-15H,5,7H2,(H,20,22)/t8-,9-,14-,15+/m0/s1. The largest absolute Gasteiger partial charge is 0.324 e. The number of hydrogen-bond donors (Lipinski definition) is 1. The van der Waals surface area contributed by atoms with Crippen molar-refractivity contribution in [3.63, 3.8) is 0 Å². The van der Waals surface area contributed by atoms with Crippen LogP contribution in [-0.4, -0.2) is 29.2 Å². The summed E-state index contributed by atoms with van der Waals surface area (Å²) in [6.07, 6.45) is 4.77. The van der Waals surface area contributed by atoms with Gasteiger partial charge in [0.2, 0.25) is 17.7 Å². The Morgan fingerprint density at radius 3 is 2.29 bits per heavy atom. The van der Waals surface area contributed by atoms with Crippen LogP contribution in [0.3, 0.4) is 0 Å². The van der Waals surface area contributed by atoms with E-state index in [-0.39, 0.29) is 41.2 Å². The van der Waals surface area contributed by atoms with Gasteiger partial charge in [0.25, 0.3) is 0 Å². The summed E-state index contributed by atoms with van der Waals surface area (Å²) in [5.41, 5.74) is 0.0694. The Hall–Kier alpha value is -2.57. The molecule has 1 saturated heterocycles. The van der Waals surface area contributed by atoms with Gasteiger partial charge in [0.05, 0.1) is 11.8 Å². The second-order valence-corrected chi connectivity index (χ2v) is 6.44. The topological polar surface area (TPSA) is 66.5 Å². The van der Waals surface area contributed by atoms with Crippen molar-refractivity contribution in [2.24, 2.45) is 23.7 Å². The van der Waals surface area contributed by atoms with Crippen molar-refractivity contribution < 1.29 is 23.2 Å². The SMILES string of the molecule is O=C(CN1C(=O)[C@@H]2[C@H](C1=O)[C@H]1C=C[C@H]2C1)Nc1ccc(F)c(F)c1. The summed E-state index contributed by atoms with van der Waals surface area (Å²) < 4.78 is 26.0. The molecule has 2 bridgehead atoms. The summed E-state index contributed by atoms with van der Waals surface area (Å²) in [6.45, 7) is -0.414. The molecule has 0 radical (unpaired) electrons. The quantitative estimate of drug-likeness (QED) is 0.677. The van der Waals surface area contributed by atoms with Gasteiger partial charge in [-0.25, -0.2) is 8.78 Å². The number of carbonyl (C=O) groups excluding carboxylic acids is 3. The molecule has 1 aromatic rings. The van der Waals surface area contributed by atoms with Crippen LogP contribution >= 0.6 is 0 Å². The first kappa shape index (κ1) is 15.0. The highest BCUT2D eigenvalue weighted by molar-refractivity contribution is 6.09. The van der Waals surface area contributed by atoms with E-state index in [4.69, 9.17) is 0 Å². The molecular formula is C17H14F2N2O3. The van der Waals surface area contributed by atoms with Crippen LogP contribution < -0.4 is 5.32 Å². The molecule has 0 unspecified atom stereocenters. The van der Waals surface area contributed by atoms with Crippen molar-refractivity contribution in [3.05, 3.63) is 42.0 Å². The van der Waals surface area contributed by atoms with Crippen LogP contribution in [0.15, 0.2) is 30.4 Å². The summed E-state index contributed by atoms with van der Waals surface area (Å²) in [4.78, 5) is 38.0. The monoisotopic (exact) mass is 332 g/mol. The number of fused-ring (bicyclic) bond motifs is 5. The van der Waals surface area contributed by atoms with Crippen molar-refractivity contribution in [3.8, 4) is 0 Å². The van der Waals surface area contributed by atoms with Crippen LogP contribution in [0.4, 0.5) is 14.5 Å². The molecule has 4 atom stereocenters. The summed E-state index contributed by atoms with van der Waals surface area (Å²) in [5.74, 6) is -3.92. The minimum Gasteiger partial charge on any atom is -0.324 e. The van der Waals surface area contributed by atoms with E-state index in [1.807, 2.05) is 12.2 Å². The molecule has 1 N–H and O–H groups in total. The third-order valence-electron chi connectivity index (χ3n) is 5.07. The van der Waals surface area contributed by atoms with Crippen molar-refractivity contribution >= 4 is 23.4 Å². The molecular weight excluding hydrogens is 318 g/mol. The first-order valence-electron chi connectivity index (χ1n) is 7.74. The molecule has 4 rings (SSSR count). The fourth-order valence-corrected chi connectivity index (χ4v) is 4.04. The van der Waals surface area contributed by atoms with Crippen molar-refractivity contribution in [1.82, 2.24) is 4.90 Å². The molecule has 1 saturated carbocycles. The first-order valence-corrected chi connectivity index (χ1v) is 7.74. The van der Waals surface area contributed by atoms with Gasteiger partial charge in [0.15, 0.2) is 11.6 Å². The van der Waals surface area contributed by atoms with Crippen LogP contribution in [0.1, 0.15) is 6.42 Å². The number of imide groups is 1. The number of amides is 3. The smallest absolute Gasteiger partial charge is 0.244 e. The zero-order valence-electron chi connectivity index (χ0n) is 12.5. The summed E-state index contributed by atoms with van der Waals surface area (Å²) in [6, 6.07) is 2.95. The number of rotatable bonds is 3. The first-order chi connectivity index (χ1) is 11.5. The van der Waals surface area contributed by atoms with Gasteiger partial charge in [0.1, 0.15) is 6.54 Å². The highest BCUT2D eigenvalue weighted by Gasteiger charge is 2.59. The van der Waals surface area contributed by atoms with Crippen LogP contribution in [0.5, 0.6) is 0 Å². The lowest BCUT2D eigenvalue weighted by Gasteiger charge is -2.16. The summed E-state index contributed by atoms with van der Waals surface area (Å²) in [7, 11) is 0. The summed E-state index contributed by atoms with van der Waals surface area (Å²) >= 11 is 0. The minimum atomic E-state index is -1.08. The number of likely N-dealkylation sites (tertiary alicyclic amines) is 1. The molecule has 1 heterocycles. The van der Waals surface area contributed by atoms with Gasteiger partial charge in [0, 0.05) is 11.8 Å². The van der Waals surface area contributed by atoms with E-state index in [0.29, 0.717) is 0 Å².